The van der Waals surface area contributed by atoms with Crippen molar-refractivity contribution in [3.05, 3.63) is 174 Å². The van der Waals surface area contributed by atoms with Crippen LogP contribution in [0.15, 0.2) is 146 Å². The summed E-state index contributed by atoms with van der Waals surface area (Å²) in [7, 11) is 0. The van der Waals surface area contributed by atoms with E-state index in [1.807, 2.05) is 121 Å². The zero-order valence-corrected chi connectivity index (χ0v) is 23.6. The van der Waals surface area contributed by atoms with Crippen LogP contribution in [-0.4, -0.2) is 17.6 Å². The highest BCUT2D eigenvalue weighted by Gasteiger charge is 2.82. The van der Waals surface area contributed by atoms with Crippen molar-refractivity contribution in [3.63, 3.8) is 0 Å². The Morgan fingerprint density at radius 2 is 0.841 bits per heavy atom. The van der Waals surface area contributed by atoms with E-state index in [0.717, 1.165) is 16.0 Å². The van der Waals surface area contributed by atoms with Gasteiger partial charge < -0.3 is 0 Å². The molecule has 0 radical (unpaired) electrons. The lowest BCUT2D eigenvalue weighted by molar-refractivity contribution is -0.130. The quantitative estimate of drug-likeness (QED) is 0.212. The maximum Gasteiger partial charge on any atom is 0.239 e. The number of carbonyl (C=O) groups is 3. The number of halogens is 1. The van der Waals surface area contributed by atoms with Crippen LogP contribution in [0, 0.1) is 17.7 Å². The van der Waals surface area contributed by atoms with Gasteiger partial charge in [0, 0.05) is 0 Å². The number of allylic oxidation sites excluding steroid dienone is 2. The zero-order chi connectivity index (χ0) is 30.1. The van der Waals surface area contributed by atoms with Gasteiger partial charge in [0.1, 0.15) is 5.82 Å². The Labute approximate surface area is 254 Å². The zero-order valence-electron chi connectivity index (χ0n) is 23.6. The summed E-state index contributed by atoms with van der Waals surface area (Å²) in [6.45, 7) is 0. The van der Waals surface area contributed by atoms with Crippen LogP contribution in [0.2, 0.25) is 0 Å². The second-order valence-electron chi connectivity index (χ2n) is 11.6. The first kappa shape index (κ1) is 26.2. The molecule has 5 aromatic rings. The third-order valence-electron chi connectivity index (χ3n) is 9.67. The van der Waals surface area contributed by atoms with Gasteiger partial charge in [0.25, 0.3) is 0 Å². The normalized spacial score (nSPS) is 25.6. The van der Waals surface area contributed by atoms with Crippen molar-refractivity contribution in [2.75, 3.05) is 4.90 Å². The predicted octanol–water partition coefficient (Wildman–Crippen LogP) is 7.01. The Morgan fingerprint density at radius 1 is 0.477 bits per heavy atom. The van der Waals surface area contributed by atoms with E-state index in [0.29, 0.717) is 22.3 Å². The summed E-state index contributed by atoms with van der Waals surface area (Å²) >= 11 is 0. The Balaban J connectivity index is 1.57. The monoisotopic (exact) mass is 575 g/mol. The Hall–Kier alpha value is -5.42. The van der Waals surface area contributed by atoms with Crippen LogP contribution < -0.4 is 4.90 Å². The van der Waals surface area contributed by atoms with E-state index in [-0.39, 0.29) is 11.5 Å². The van der Waals surface area contributed by atoms with E-state index in [9.17, 15) is 9.59 Å². The van der Waals surface area contributed by atoms with Gasteiger partial charge in [0.2, 0.25) is 11.8 Å². The van der Waals surface area contributed by atoms with E-state index in [4.69, 9.17) is 0 Å². The van der Waals surface area contributed by atoms with Crippen LogP contribution >= 0.6 is 0 Å². The van der Waals surface area contributed by atoms with Gasteiger partial charge in [0.15, 0.2) is 5.78 Å². The summed E-state index contributed by atoms with van der Waals surface area (Å²) in [4.78, 5) is 46.4. The minimum atomic E-state index is -1.51. The highest BCUT2D eigenvalue weighted by Crippen LogP contribution is 2.74. The number of para-hydroxylation sites is 1. The summed E-state index contributed by atoms with van der Waals surface area (Å²) in [6.07, 6.45) is 0. The molecule has 0 unspecified atom stereocenters. The Bertz CT molecular complexity index is 1870. The van der Waals surface area contributed by atoms with Gasteiger partial charge >= 0.3 is 0 Å². The lowest BCUT2D eigenvalue weighted by Crippen LogP contribution is -2.45. The number of ketones is 1. The fraction of sp³-hybridized carbons (Fsp3) is 0.103. The molecule has 0 spiro atoms. The number of Topliss-reactive ketones (excluding diaryl/α,β-unsaturated/α-hetero) is 1. The molecular weight excluding hydrogens is 549 g/mol. The lowest BCUT2D eigenvalue weighted by atomic mass is 9.59. The van der Waals surface area contributed by atoms with E-state index in [1.54, 1.807) is 6.07 Å². The van der Waals surface area contributed by atoms with E-state index in [2.05, 4.69) is 0 Å². The first-order chi connectivity index (χ1) is 21.5. The third kappa shape index (κ3) is 3.13. The number of nitrogens with zero attached hydrogens (tertiary/aromatic N) is 1. The minimum absolute atomic E-state index is 0.0994. The third-order valence-corrected chi connectivity index (χ3v) is 9.67. The van der Waals surface area contributed by atoms with Crippen LogP contribution in [0.3, 0.4) is 0 Å². The van der Waals surface area contributed by atoms with E-state index >= 15 is 9.18 Å². The number of hydrogen-bond acceptors (Lipinski definition) is 3. The molecule has 44 heavy (non-hydrogen) atoms. The maximum atomic E-state index is 15.8. The number of fused-ring (bicyclic) bond motifs is 5. The summed E-state index contributed by atoms with van der Waals surface area (Å²) in [5.41, 5.74) is 1.16. The number of carbonyl (C=O) groups excluding carboxylic acids is 3. The molecule has 1 saturated carbocycles. The molecule has 2 aliphatic carbocycles. The molecule has 8 rings (SSSR count). The Kier molecular flexibility index (Phi) is 5.69. The van der Waals surface area contributed by atoms with Gasteiger partial charge in [-0.15, -0.1) is 0 Å². The first-order valence-electron chi connectivity index (χ1n) is 14.7. The van der Waals surface area contributed by atoms with Crippen molar-refractivity contribution in [2.24, 2.45) is 11.8 Å². The molecule has 2 fully saturated rings. The van der Waals surface area contributed by atoms with Gasteiger partial charge in [0.05, 0.1) is 28.4 Å². The van der Waals surface area contributed by atoms with Gasteiger partial charge in [-0.3, -0.25) is 14.4 Å². The SMILES string of the molecule is O=C1[C@H]2[C@H](C(=O)N1c1ccccc1F)[C@@]1(c3ccccc3)C(=O)[C@@]2(c2ccccc2)C(c2ccccc2)=C1c1ccccc1. The van der Waals surface area contributed by atoms with Crippen LogP contribution in [-0.2, 0) is 25.2 Å². The first-order valence-corrected chi connectivity index (χ1v) is 14.7. The van der Waals surface area contributed by atoms with Crippen LogP contribution in [0.25, 0.3) is 11.1 Å². The molecule has 4 atom stereocenters. The largest absolute Gasteiger partial charge is 0.297 e. The lowest BCUT2D eigenvalue weighted by Gasteiger charge is -2.39. The van der Waals surface area contributed by atoms with Crippen molar-refractivity contribution in [1.82, 2.24) is 0 Å². The molecule has 5 aromatic carbocycles. The summed E-state index contributed by atoms with van der Waals surface area (Å²) in [5.74, 6) is -4.19. The standard InChI is InChI=1S/C39H26FNO3/c40-29-23-13-14-24-30(29)41-35(42)33-34(36(41)43)39(28-21-11-4-12-22-28)32(26-17-7-2-8-18-26)31(25-15-5-1-6-16-25)38(33,37(39)44)27-19-9-3-10-20-27/h1-24,33-34H/t33-,34-,38+,39+/m1/s1. The van der Waals surface area contributed by atoms with E-state index in [1.165, 1.54) is 18.2 Å². The molecule has 1 aliphatic heterocycles. The van der Waals surface area contributed by atoms with Crippen LogP contribution in [0.1, 0.15) is 22.3 Å². The average Bonchev–Trinajstić information content (AvgIpc) is 3.59. The van der Waals surface area contributed by atoms with Crippen LogP contribution in [0.5, 0.6) is 0 Å². The molecule has 3 aliphatic rings. The van der Waals surface area contributed by atoms with Crippen molar-refractivity contribution in [2.45, 2.75) is 10.8 Å². The second kappa shape index (κ2) is 9.55. The molecule has 2 amide bonds. The van der Waals surface area contributed by atoms with Gasteiger partial charge in [-0.1, -0.05) is 133 Å². The number of imide groups is 1. The highest BCUT2D eigenvalue weighted by atomic mass is 19.1. The van der Waals surface area contributed by atoms with Gasteiger partial charge in [-0.2, -0.15) is 0 Å². The smallest absolute Gasteiger partial charge is 0.239 e. The summed E-state index contributed by atoms with van der Waals surface area (Å²) < 4.78 is 15.3. The topological polar surface area (TPSA) is 54.5 Å². The molecule has 4 nitrogen and oxygen atoms in total. The van der Waals surface area contributed by atoms with Gasteiger partial charge in [-0.05, 0) is 45.5 Å². The molecule has 1 saturated heterocycles. The number of rotatable bonds is 5. The summed E-state index contributed by atoms with van der Waals surface area (Å²) in [5, 5.41) is 0. The molecule has 1 heterocycles. The van der Waals surface area contributed by atoms with Crippen molar-refractivity contribution in [3.8, 4) is 0 Å². The van der Waals surface area contributed by atoms with Crippen molar-refractivity contribution in [1.29, 1.82) is 0 Å². The van der Waals surface area contributed by atoms with E-state index < -0.39 is 40.3 Å². The molecule has 0 N–H and O–H groups in total. The molecular formula is C39H26FNO3. The van der Waals surface area contributed by atoms with Crippen molar-refractivity contribution >= 4 is 34.4 Å². The number of hydrogen-bond donors (Lipinski definition) is 0. The number of anilines is 1. The fourth-order valence-electron chi connectivity index (χ4n) is 8.20. The molecule has 212 valence electrons. The average molecular weight is 576 g/mol. The molecule has 2 bridgehead atoms. The summed E-state index contributed by atoms with van der Waals surface area (Å²) in [6, 6.07) is 43.8. The Morgan fingerprint density at radius 3 is 1.25 bits per heavy atom. The molecule has 0 aromatic heterocycles. The maximum absolute atomic E-state index is 15.8. The number of amides is 2. The molecule has 5 heteroatoms. The highest BCUT2D eigenvalue weighted by molar-refractivity contribution is 6.39. The predicted molar refractivity (Wildman–Crippen MR) is 167 cm³/mol. The number of benzene rings is 5. The van der Waals surface area contributed by atoms with Crippen LogP contribution in [0.4, 0.5) is 10.1 Å². The van der Waals surface area contributed by atoms with Crippen molar-refractivity contribution < 1.29 is 18.8 Å². The second-order valence-corrected chi connectivity index (χ2v) is 11.6. The van der Waals surface area contributed by atoms with Gasteiger partial charge in [-0.25, -0.2) is 9.29 Å². The minimum Gasteiger partial charge on any atom is -0.297 e. The fourth-order valence-corrected chi connectivity index (χ4v) is 8.20.